The van der Waals surface area contributed by atoms with Gasteiger partial charge in [-0.15, -0.1) is 0 Å². The monoisotopic (exact) mass is 255 g/mol. The Morgan fingerprint density at radius 2 is 2.47 bits per heavy atom. The van der Waals surface area contributed by atoms with Crippen molar-refractivity contribution < 1.29 is 14.6 Å². The number of hydrogen-bond donors (Lipinski definition) is 1. The number of nitrogens with zero attached hydrogens (tertiary/aromatic N) is 1. The fraction of sp³-hybridized carbons (Fsp3) is 0.583. The first-order valence-electron chi connectivity index (χ1n) is 5.97. The smallest absolute Gasteiger partial charge is 0.355 e. The third-order valence-corrected chi connectivity index (χ3v) is 3.72. The molecule has 0 spiro atoms. The van der Waals surface area contributed by atoms with E-state index < -0.39 is 0 Å². The number of ether oxygens (including phenoxy) is 1. The second-order valence-electron chi connectivity index (χ2n) is 4.34. The van der Waals surface area contributed by atoms with Gasteiger partial charge in [0.1, 0.15) is 5.69 Å². The van der Waals surface area contributed by atoms with Crippen LogP contribution in [0.4, 0.5) is 0 Å². The van der Waals surface area contributed by atoms with Crippen LogP contribution in [0, 0.1) is 0 Å². The van der Waals surface area contributed by atoms with Gasteiger partial charge in [0, 0.05) is 12.1 Å². The molecule has 1 heterocycles. The second-order valence-corrected chi connectivity index (χ2v) is 4.86. The molecular formula is C12H18NO3P. The Morgan fingerprint density at radius 3 is 3.18 bits per heavy atom. The van der Waals surface area contributed by atoms with Gasteiger partial charge in [-0.3, -0.25) is 0 Å². The quantitative estimate of drug-likeness (QED) is 0.495. The van der Waals surface area contributed by atoms with Crippen molar-refractivity contribution in [1.82, 2.24) is 4.34 Å². The molecule has 0 aromatic carbocycles. The molecule has 1 aliphatic rings. The maximum Gasteiger partial charge on any atom is 0.355 e. The summed E-state index contributed by atoms with van der Waals surface area (Å²) in [7, 11) is 2.54. The molecule has 0 saturated heterocycles. The van der Waals surface area contributed by atoms with Crippen LogP contribution in [-0.4, -0.2) is 28.1 Å². The number of fused-ring (bicyclic) bond motifs is 1. The number of esters is 1. The maximum absolute atomic E-state index is 11.7. The molecule has 17 heavy (non-hydrogen) atoms. The topological polar surface area (TPSA) is 51.5 Å². The summed E-state index contributed by atoms with van der Waals surface area (Å²) in [6.07, 6.45) is 3.01. The van der Waals surface area contributed by atoms with Gasteiger partial charge < -0.3 is 14.2 Å². The lowest BCUT2D eigenvalue weighted by Crippen LogP contribution is -2.12. The highest BCUT2D eigenvalue weighted by Gasteiger charge is 2.22. The minimum Gasteiger partial charge on any atom is -0.461 e. The third-order valence-electron chi connectivity index (χ3n) is 3.13. The highest BCUT2D eigenvalue weighted by atomic mass is 31.0. The first-order valence-corrected chi connectivity index (χ1v) is 6.48. The lowest BCUT2D eigenvalue weighted by Gasteiger charge is -2.09. The van der Waals surface area contributed by atoms with Crippen molar-refractivity contribution in [2.24, 2.45) is 0 Å². The van der Waals surface area contributed by atoms with E-state index >= 15 is 0 Å². The van der Waals surface area contributed by atoms with Gasteiger partial charge in [-0.05, 0) is 47.2 Å². The van der Waals surface area contributed by atoms with Crippen molar-refractivity contribution in [3.05, 3.63) is 23.0 Å². The number of aromatic nitrogens is 1. The summed E-state index contributed by atoms with van der Waals surface area (Å²) >= 11 is 0. The Bertz CT molecular complexity index is 428. The van der Waals surface area contributed by atoms with E-state index in [2.05, 4.69) is 9.39 Å². The molecule has 1 aromatic rings. The highest BCUT2D eigenvalue weighted by molar-refractivity contribution is 7.14. The summed E-state index contributed by atoms with van der Waals surface area (Å²) in [5, 5.41) is 9.77. The van der Waals surface area contributed by atoms with Crippen molar-refractivity contribution >= 4 is 15.4 Å². The van der Waals surface area contributed by atoms with Crippen LogP contribution in [0.15, 0.2) is 6.07 Å². The number of carbonyl (C=O) groups is 1. The van der Waals surface area contributed by atoms with Crippen LogP contribution < -0.4 is 0 Å². The summed E-state index contributed by atoms with van der Waals surface area (Å²) in [4.78, 5) is 11.7. The van der Waals surface area contributed by atoms with E-state index in [0.29, 0.717) is 18.7 Å². The molecule has 2 unspecified atom stereocenters. The third kappa shape index (κ3) is 2.53. The number of carbonyl (C=O) groups excluding carboxylic acids is 1. The minimum absolute atomic E-state index is 0.301. The SMILES string of the molecule is CCOC(=O)c1cc2c(n1P)CC(O)CCC2. The first kappa shape index (κ1) is 12.6. The van der Waals surface area contributed by atoms with Gasteiger partial charge in [0.25, 0.3) is 0 Å². The second kappa shape index (κ2) is 5.19. The van der Waals surface area contributed by atoms with Crippen LogP contribution in [0.2, 0.25) is 0 Å². The van der Waals surface area contributed by atoms with Crippen molar-refractivity contribution in [2.75, 3.05) is 6.61 Å². The van der Waals surface area contributed by atoms with Crippen LogP contribution in [0.25, 0.3) is 0 Å². The fourth-order valence-electron chi connectivity index (χ4n) is 2.28. The fourth-order valence-corrected chi connectivity index (χ4v) is 2.73. The van der Waals surface area contributed by atoms with E-state index in [-0.39, 0.29) is 12.1 Å². The van der Waals surface area contributed by atoms with E-state index in [1.165, 1.54) is 0 Å². The van der Waals surface area contributed by atoms with Crippen LogP contribution in [0.3, 0.4) is 0 Å². The lowest BCUT2D eigenvalue weighted by atomic mass is 10.1. The zero-order valence-corrected chi connectivity index (χ0v) is 11.1. The Balaban J connectivity index is 2.33. The van der Waals surface area contributed by atoms with Gasteiger partial charge in [-0.1, -0.05) is 0 Å². The number of aliphatic hydroxyl groups excluding tert-OH is 1. The van der Waals surface area contributed by atoms with E-state index in [1.807, 2.05) is 6.07 Å². The molecule has 1 N–H and O–H groups in total. The van der Waals surface area contributed by atoms with Crippen molar-refractivity contribution in [1.29, 1.82) is 0 Å². The van der Waals surface area contributed by atoms with Crippen molar-refractivity contribution in [3.63, 3.8) is 0 Å². The van der Waals surface area contributed by atoms with Crippen molar-refractivity contribution in [3.8, 4) is 0 Å². The van der Waals surface area contributed by atoms with Gasteiger partial charge in [0.05, 0.1) is 12.7 Å². The van der Waals surface area contributed by atoms with E-state index in [1.54, 1.807) is 11.3 Å². The van der Waals surface area contributed by atoms with Crippen LogP contribution >= 0.6 is 9.39 Å². The summed E-state index contributed by atoms with van der Waals surface area (Å²) in [6, 6.07) is 1.89. The molecule has 0 bridgehead atoms. The number of rotatable bonds is 2. The minimum atomic E-state index is -0.305. The standard InChI is InChI=1S/C12H18NO3P/c1-2-16-12(15)11-6-8-4-3-5-9(14)7-10(8)13(11)17/h6,9,14H,2-5,7,17H2,1H3. The molecule has 5 heteroatoms. The van der Waals surface area contributed by atoms with Gasteiger partial charge in [0.2, 0.25) is 0 Å². The maximum atomic E-state index is 11.7. The summed E-state index contributed by atoms with van der Waals surface area (Å²) in [6.45, 7) is 2.17. The molecular weight excluding hydrogens is 237 g/mol. The molecule has 0 amide bonds. The summed E-state index contributed by atoms with van der Waals surface area (Å²) in [5.74, 6) is -0.301. The molecule has 2 atom stereocenters. The summed E-state index contributed by atoms with van der Waals surface area (Å²) in [5.41, 5.74) is 2.73. The molecule has 1 aliphatic carbocycles. The number of hydrogen-bond acceptors (Lipinski definition) is 3. The molecule has 2 rings (SSSR count). The Morgan fingerprint density at radius 1 is 1.71 bits per heavy atom. The van der Waals surface area contributed by atoms with Crippen LogP contribution in [0.1, 0.15) is 41.5 Å². The van der Waals surface area contributed by atoms with Crippen LogP contribution in [-0.2, 0) is 17.6 Å². The molecule has 0 aliphatic heterocycles. The number of aliphatic hydroxyl groups is 1. The zero-order chi connectivity index (χ0) is 12.4. The van der Waals surface area contributed by atoms with E-state index in [0.717, 1.165) is 30.5 Å². The van der Waals surface area contributed by atoms with Gasteiger partial charge >= 0.3 is 5.97 Å². The molecule has 1 aromatic heterocycles. The predicted molar refractivity (Wildman–Crippen MR) is 68.1 cm³/mol. The molecule has 94 valence electrons. The average Bonchev–Trinajstić information content (AvgIpc) is 2.47. The Kier molecular flexibility index (Phi) is 3.85. The summed E-state index contributed by atoms with van der Waals surface area (Å²) < 4.78 is 6.79. The Labute approximate surface area is 103 Å². The highest BCUT2D eigenvalue weighted by Crippen LogP contribution is 2.26. The van der Waals surface area contributed by atoms with Gasteiger partial charge in [0.15, 0.2) is 0 Å². The lowest BCUT2D eigenvalue weighted by molar-refractivity contribution is 0.0518. The van der Waals surface area contributed by atoms with Gasteiger partial charge in [-0.25, -0.2) is 4.79 Å². The van der Waals surface area contributed by atoms with Crippen LogP contribution in [0.5, 0.6) is 0 Å². The van der Waals surface area contributed by atoms with Crippen molar-refractivity contribution in [2.45, 2.75) is 38.7 Å². The molecule has 0 saturated carbocycles. The number of aryl methyl sites for hydroxylation is 1. The molecule has 0 radical (unpaired) electrons. The van der Waals surface area contributed by atoms with E-state index in [9.17, 15) is 9.90 Å². The zero-order valence-electron chi connectivity index (χ0n) is 9.98. The van der Waals surface area contributed by atoms with Gasteiger partial charge in [-0.2, -0.15) is 0 Å². The molecule has 0 fully saturated rings. The normalized spacial score (nSPS) is 19.6. The largest absolute Gasteiger partial charge is 0.461 e. The average molecular weight is 255 g/mol. The molecule has 4 nitrogen and oxygen atoms in total. The van der Waals surface area contributed by atoms with E-state index in [4.69, 9.17) is 4.74 Å². The predicted octanol–water partition coefficient (Wildman–Crippen LogP) is 1.54. The first-order chi connectivity index (χ1) is 8.13. The Hall–Kier alpha value is -0.860.